The summed E-state index contributed by atoms with van der Waals surface area (Å²) in [5, 5.41) is 17.1. The largest absolute Gasteiger partial charge is 0.481 e. The van der Waals surface area contributed by atoms with Crippen LogP contribution < -0.4 is 0 Å². The molecule has 4 nitrogen and oxygen atoms in total. The first-order chi connectivity index (χ1) is 6.43. The van der Waals surface area contributed by atoms with Crippen LogP contribution in [-0.2, 0) is 9.59 Å². The van der Waals surface area contributed by atoms with Crippen LogP contribution in [0, 0.1) is 11.8 Å². The van der Waals surface area contributed by atoms with E-state index in [1.165, 1.54) is 0 Å². The molecule has 0 aliphatic rings. The van der Waals surface area contributed by atoms with Crippen LogP contribution in [-0.4, -0.2) is 22.2 Å². The van der Waals surface area contributed by atoms with Gasteiger partial charge in [0.05, 0.1) is 5.92 Å². The van der Waals surface area contributed by atoms with Gasteiger partial charge in [-0.15, -0.1) is 0 Å². The van der Waals surface area contributed by atoms with Crippen LogP contribution in [0.4, 0.5) is 0 Å². The topological polar surface area (TPSA) is 74.6 Å². The van der Waals surface area contributed by atoms with Gasteiger partial charge in [0, 0.05) is 6.42 Å². The van der Waals surface area contributed by atoms with E-state index < -0.39 is 11.9 Å². The summed E-state index contributed by atoms with van der Waals surface area (Å²) >= 11 is 0. The first-order valence-corrected chi connectivity index (χ1v) is 4.88. The van der Waals surface area contributed by atoms with Gasteiger partial charge < -0.3 is 10.2 Å². The number of hydrogen-bond acceptors (Lipinski definition) is 2. The molecule has 0 bridgehead atoms. The van der Waals surface area contributed by atoms with Crippen molar-refractivity contribution in [3.63, 3.8) is 0 Å². The lowest BCUT2D eigenvalue weighted by Crippen LogP contribution is -2.10. The number of aliphatic carboxylic acids is 2. The minimum absolute atomic E-state index is 0.133. The van der Waals surface area contributed by atoms with Crippen LogP contribution in [0.3, 0.4) is 0 Å². The number of hydrogen-bond donors (Lipinski definition) is 2. The van der Waals surface area contributed by atoms with Crippen molar-refractivity contribution in [1.29, 1.82) is 0 Å². The maximum atomic E-state index is 10.5. The molecular weight excluding hydrogens is 184 g/mol. The molecule has 0 aliphatic carbocycles. The Morgan fingerprint density at radius 3 is 2.14 bits per heavy atom. The average molecular weight is 202 g/mol. The van der Waals surface area contributed by atoms with Gasteiger partial charge in [0.15, 0.2) is 0 Å². The monoisotopic (exact) mass is 202 g/mol. The third-order valence-electron chi connectivity index (χ3n) is 2.28. The normalized spacial score (nSPS) is 14.7. The van der Waals surface area contributed by atoms with Crippen molar-refractivity contribution < 1.29 is 19.8 Å². The van der Waals surface area contributed by atoms with E-state index in [0.717, 1.165) is 12.8 Å². The van der Waals surface area contributed by atoms with E-state index in [-0.39, 0.29) is 18.3 Å². The van der Waals surface area contributed by atoms with Gasteiger partial charge in [0.1, 0.15) is 0 Å². The van der Waals surface area contributed by atoms with E-state index in [9.17, 15) is 9.59 Å². The molecule has 0 aromatic rings. The summed E-state index contributed by atoms with van der Waals surface area (Å²) in [4.78, 5) is 20.8. The van der Waals surface area contributed by atoms with Gasteiger partial charge in [-0.3, -0.25) is 9.59 Å². The second-order valence-corrected chi connectivity index (χ2v) is 3.87. The molecule has 0 amide bonds. The summed E-state index contributed by atoms with van der Waals surface area (Å²) in [7, 11) is 0. The second-order valence-electron chi connectivity index (χ2n) is 3.87. The molecule has 0 spiro atoms. The molecule has 0 saturated heterocycles. The van der Waals surface area contributed by atoms with E-state index in [4.69, 9.17) is 10.2 Å². The molecule has 0 radical (unpaired) electrons. The minimum Gasteiger partial charge on any atom is -0.481 e. The summed E-state index contributed by atoms with van der Waals surface area (Å²) in [5.74, 6) is -1.76. The fourth-order valence-corrected chi connectivity index (χ4v) is 1.30. The zero-order valence-corrected chi connectivity index (χ0v) is 8.69. The Kier molecular flexibility index (Phi) is 5.92. The van der Waals surface area contributed by atoms with Crippen molar-refractivity contribution in [2.24, 2.45) is 11.8 Å². The lowest BCUT2D eigenvalue weighted by Gasteiger charge is -2.09. The predicted octanol–water partition coefficient (Wildman–Crippen LogP) is 1.99. The van der Waals surface area contributed by atoms with Crippen LogP contribution >= 0.6 is 0 Å². The van der Waals surface area contributed by atoms with Gasteiger partial charge in [0.2, 0.25) is 0 Å². The molecule has 0 aromatic carbocycles. The van der Waals surface area contributed by atoms with E-state index in [1.54, 1.807) is 6.92 Å². The number of rotatable bonds is 7. The Morgan fingerprint density at radius 1 is 1.14 bits per heavy atom. The van der Waals surface area contributed by atoms with Crippen molar-refractivity contribution >= 4 is 11.9 Å². The molecule has 82 valence electrons. The Bertz CT molecular complexity index is 200. The second kappa shape index (κ2) is 6.40. The minimum atomic E-state index is -0.788. The molecule has 14 heavy (non-hydrogen) atoms. The van der Waals surface area contributed by atoms with Gasteiger partial charge in [-0.25, -0.2) is 0 Å². The molecule has 0 saturated carbocycles. The smallest absolute Gasteiger partial charge is 0.306 e. The number of carboxylic acids is 2. The highest BCUT2D eigenvalue weighted by atomic mass is 16.4. The molecule has 2 atom stereocenters. The SMILES string of the molecule is C[C@@H](CCC[C@@H](C)C(=O)O)CC(=O)O. The average Bonchev–Trinajstić information content (AvgIpc) is 2.02. The Labute approximate surface area is 83.9 Å². The van der Waals surface area contributed by atoms with Crippen LogP contribution in [0.15, 0.2) is 0 Å². The summed E-state index contributed by atoms with van der Waals surface area (Å²) in [6.45, 7) is 3.55. The van der Waals surface area contributed by atoms with E-state index >= 15 is 0 Å². The summed E-state index contributed by atoms with van der Waals surface area (Å²) < 4.78 is 0. The van der Waals surface area contributed by atoms with E-state index in [1.807, 2.05) is 6.92 Å². The maximum Gasteiger partial charge on any atom is 0.306 e. The lowest BCUT2D eigenvalue weighted by molar-refractivity contribution is -0.141. The molecule has 2 N–H and O–H groups in total. The third-order valence-corrected chi connectivity index (χ3v) is 2.28. The molecule has 4 heteroatoms. The Morgan fingerprint density at radius 2 is 1.71 bits per heavy atom. The quantitative estimate of drug-likeness (QED) is 0.662. The fourth-order valence-electron chi connectivity index (χ4n) is 1.30. The van der Waals surface area contributed by atoms with Crippen LogP contribution in [0.5, 0.6) is 0 Å². The van der Waals surface area contributed by atoms with Crippen molar-refractivity contribution in [1.82, 2.24) is 0 Å². The van der Waals surface area contributed by atoms with Crippen LogP contribution in [0.1, 0.15) is 39.5 Å². The molecule has 0 heterocycles. The van der Waals surface area contributed by atoms with Crippen LogP contribution in [0.2, 0.25) is 0 Å². The zero-order chi connectivity index (χ0) is 11.1. The van der Waals surface area contributed by atoms with Crippen molar-refractivity contribution in [3.05, 3.63) is 0 Å². The van der Waals surface area contributed by atoms with Crippen molar-refractivity contribution in [3.8, 4) is 0 Å². The van der Waals surface area contributed by atoms with Crippen molar-refractivity contribution in [2.45, 2.75) is 39.5 Å². The summed E-state index contributed by atoms with van der Waals surface area (Å²) in [6.07, 6.45) is 2.35. The molecular formula is C10H18O4. The van der Waals surface area contributed by atoms with Crippen LogP contribution in [0.25, 0.3) is 0 Å². The van der Waals surface area contributed by atoms with Gasteiger partial charge in [-0.2, -0.15) is 0 Å². The standard InChI is InChI=1S/C10H18O4/c1-7(6-9(11)12)4-3-5-8(2)10(13)14/h7-8H,3-6H2,1-2H3,(H,11,12)(H,13,14)/t7-,8+/m0/s1. The first-order valence-electron chi connectivity index (χ1n) is 4.88. The molecule has 0 aliphatic heterocycles. The fraction of sp³-hybridized carbons (Fsp3) is 0.800. The third kappa shape index (κ3) is 6.46. The molecule has 0 aromatic heterocycles. The van der Waals surface area contributed by atoms with Gasteiger partial charge in [-0.05, 0) is 12.3 Å². The highest BCUT2D eigenvalue weighted by Gasteiger charge is 2.12. The zero-order valence-electron chi connectivity index (χ0n) is 8.69. The number of carboxylic acid groups (broad SMARTS) is 2. The summed E-state index contributed by atoms with van der Waals surface area (Å²) in [6, 6.07) is 0. The Hall–Kier alpha value is -1.06. The number of carbonyl (C=O) groups is 2. The lowest BCUT2D eigenvalue weighted by atomic mass is 9.97. The molecule has 0 unspecified atom stereocenters. The van der Waals surface area contributed by atoms with Crippen molar-refractivity contribution in [2.75, 3.05) is 0 Å². The van der Waals surface area contributed by atoms with Gasteiger partial charge in [-0.1, -0.05) is 26.7 Å². The van der Waals surface area contributed by atoms with E-state index in [0.29, 0.717) is 6.42 Å². The first kappa shape index (κ1) is 12.9. The highest BCUT2D eigenvalue weighted by Crippen LogP contribution is 2.15. The van der Waals surface area contributed by atoms with Gasteiger partial charge >= 0.3 is 11.9 Å². The highest BCUT2D eigenvalue weighted by molar-refractivity contribution is 5.69. The Balaban J connectivity index is 3.53. The maximum absolute atomic E-state index is 10.5. The van der Waals surface area contributed by atoms with Gasteiger partial charge in [0.25, 0.3) is 0 Å². The summed E-state index contributed by atoms with van der Waals surface area (Å²) in [5.41, 5.74) is 0. The molecule has 0 fully saturated rings. The predicted molar refractivity (Wildman–Crippen MR) is 52.1 cm³/mol. The molecule has 0 rings (SSSR count). The van der Waals surface area contributed by atoms with E-state index in [2.05, 4.69) is 0 Å².